The molecule has 5 heterocycles. The van der Waals surface area contributed by atoms with Gasteiger partial charge in [0.1, 0.15) is 5.75 Å². The van der Waals surface area contributed by atoms with E-state index in [4.69, 9.17) is 9.47 Å². The highest BCUT2D eigenvalue weighted by Gasteiger charge is 2.44. The summed E-state index contributed by atoms with van der Waals surface area (Å²) < 4.78 is 13.0. The molecule has 0 aliphatic carbocycles. The second kappa shape index (κ2) is 17.2. The number of carbonyl (C=O) groups excluding carboxylic acids is 1. The minimum atomic E-state index is -1.27. The van der Waals surface area contributed by atoms with Crippen molar-refractivity contribution in [1.29, 1.82) is 0 Å². The van der Waals surface area contributed by atoms with Gasteiger partial charge >= 0.3 is 5.97 Å². The Hall–Kier alpha value is -5.95. The van der Waals surface area contributed by atoms with E-state index in [2.05, 4.69) is 129 Å². The summed E-state index contributed by atoms with van der Waals surface area (Å²) in [6.45, 7) is 11.2. The van der Waals surface area contributed by atoms with Crippen LogP contribution in [0, 0.1) is 0 Å². The molecule has 5 aromatic carbocycles. The van der Waals surface area contributed by atoms with Crippen molar-refractivity contribution in [1.82, 2.24) is 0 Å². The maximum atomic E-state index is 14.3. The van der Waals surface area contributed by atoms with E-state index >= 15 is 0 Å². The smallest absolute Gasteiger partial charge is 0.340 e. The van der Waals surface area contributed by atoms with Gasteiger partial charge in [0.2, 0.25) is 0 Å². The highest BCUT2D eigenvalue weighted by atomic mass is 16.6. The Morgan fingerprint density at radius 3 is 1.15 bits per heavy atom. The molecule has 0 amide bonds. The van der Waals surface area contributed by atoms with Gasteiger partial charge in [-0.05, 0) is 171 Å². The first-order valence-corrected chi connectivity index (χ1v) is 22.9. The van der Waals surface area contributed by atoms with Gasteiger partial charge < -0.3 is 29.1 Å². The van der Waals surface area contributed by atoms with Gasteiger partial charge in [-0.1, -0.05) is 48.5 Å². The molecule has 0 unspecified atom stereocenters. The van der Waals surface area contributed by atoms with Crippen LogP contribution in [-0.4, -0.2) is 64.9 Å². The van der Waals surface area contributed by atoms with Crippen LogP contribution in [0.3, 0.4) is 0 Å². The topological polar surface area (TPSA) is 48.5 Å². The molecule has 0 saturated carbocycles. The number of cyclic esters (lactones) is 1. The Kier molecular flexibility index (Phi) is 11.1. The molecular weight excluding hydrogens is 753 g/mol. The molecule has 10 rings (SSSR count). The van der Waals surface area contributed by atoms with Crippen molar-refractivity contribution in [2.45, 2.75) is 63.9 Å². The summed E-state index contributed by atoms with van der Waals surface area (Å²) in [5, 5.41) is 0. The summed E-state index contributed by atoms with van der Waals surface area (Å²) >= 11 is 0. The SMILES string of the molecule is CCOc1ccc2c(c1)C(C=C(c1ccc(N3CCCC3)cc1)c1ccc(N3CCCC3)cc1)(C=C(c1ccc(N3CCCC3)cc1)c1ccc(N3CCCC3)cc1)OC2=O. The zero-order valence-corrected chi connectivity index (χ0v) is 35.7. The lowest BCUT2D eigenvalue weighted by atomic mass is 9.83. The fourth-order valence-electron chi connectivity index (χ4n) is 10.2. The standard InChI is InChI=1S/C54H58N4O3/c1-2-60-48-27-28-49-52(37-48)54(61-53(49)59,38-50(40-11-19-44(20-12-40)55-29-3-4-30-55)41-13-21-45(22-14-41)56-31-5-6-32-56)39-51(42-15-23-46(24-16-42)57-33-7-8-34-57)43-17-25-47(26-18-43)58-35-9-10-36-58/h11-28,37-39H,2-10,29-36H2,1H3. The lowest BCUT2D eigenvalue weighted by molar-refractivity contribution is 0.0299. The third-order valence-electron chi connectivity index (χ3n) is 13.5. The molecule has 61 heavy (non-hydrogen) atoms. The molecule has 312 valence electrons. The van der Waals surface area contributed by atoms with Crippen LogP contribution in [-0.2, 0) is 10.3 Å². The van der Waals surface area contributed by atoms with Crippen LogP contribution < -0.4 is 24.3 Å². The first-order chi connectivity index (χ1) is 30.0. The summed E-state index contributed by atoms with van der Waals surface area (Å²) in [5.41, 5.74) is 11.3. The minimum Gasteiger partial charge on any atom is -0.494 e. The average Bonchev–Trinajstić information content (AvgIpc) is 4.17. The van der Waals surface area contributed by atoms with E-state index in [0.29, 0.717) is 17.9 Å². The second-order valence-corrected chi connectivity index (χ2v) is 17.4. The van der Waals surface area contributed by atoms with Crippen molar-refractivity contribution < 1.29 is 14.3 Å². The predicted molar refractivity (Wildman–Crippen MR) is 250 cm³/mol. The van der Waals surface area contributed by atoms with Gasteiger partial charge in [-0.3, -0.25) is 0 Å². The molecule has 0 aromatic heterocycles. The molecule has 5 aliphatic rings. The van der Waals surface area contributed by atoms with Gasteiger partial charge in [0, 0.05) is 80.7 Å². The number of carbonyl (C=O) groups is 1. The Labute approximate surface area is 361 Å². The van der Waals surface area contributed by atoms with Gasteiger partial charge in [0.05, 0.1) is 12.2 Å². The Morgan fingerprint density at radius 2 is 0.836 bits per heavy atom. The molecule has 4 fully saturated rings. The molecular formula is C54H58N4O3. The van der Waals surface area contributed by atoms with Crippen molar-refractivity contribution in [3.05, 3.63) is 161 Å². The monoisotopic (exact) mass is 810 g/mol. The molecule has 7 heteroatoms. The summed E-state index contributed by atoms with van der Waals surface area (Å²) in [5.74, 6) is 0.371. The Balaban J connectivity index is 1.17. The number of ether oxygens (including phenoxy) is 2. The van der Waals surface area contributed by atoms with Crippen molar-refractivity contribution in [2.75, 3.05) is 78.6 Å². The van der Waals surface area contributed by atoms with Crippen LogP contribution in [0.4, 0.5) is 22.7 Å². The largest absolute Gasteiger partial charge is 0.494 e. The zero-order valence-electron chi connectivity index (χ0n) is 35.7. The van der Waals surface area contributed by atoms with E-state index in [0.717, 1.165) is 91.3 Å². The van der Waals surface area contributed by atoms with E-state index in [1.165, 1.54) is 74.1 Å². The van der Waals surface area contributed by atoms with Crippen molar-refractivity contribution in [3.63, 3.8) is 0 Å². The number of hydrogen-bond donors (Lipinski definition) is 0. The van der Waals surface area contributed by atoms with E-state index < -0.39 is 5.60 Å². The van der Waals surface area contributed by atoms with Gasteiger partial charge in [0.25, 0.3) is 0 Å². The zero-order chi connectivity index (χ0) is 41.2. The summed E-state index contributed by atoms with van der Waals surface area (Å²) in [4.78, 5) is 24.2. The molecule has 0 bridgehead atoms. The van der Waals surface area contributed by atoms with Crippen LogP contribution in [0.1, 0.15) is 96.5 Å². The van der Waals surface area contributed by atoms with Crippen LogP contribution in [0.5, 0.6) is 5.75 Å². The number of benzene rings is 5. The fraction of sp³-hybridized carbons (Fsp3) is 0.352. The summed E-state index contributed by atoms with van der Waals surface area (Å²) in [7, 11) is 0. The van der Waals surface area contributed by atoms with E-state index in [-0.39, 0.29) is 5.97 Å². The van der Waals surface area contributed by atoms with Gasteiger partial charge in [-0.2, -0.15) is 0 Å². The number of anilines is 4. The van der Waals surface area contributed by atoms with E-state index in [1.807, 2.05) is 25.1 Å². The van der Waals surface area contributed by atoms with Gasteiger partial charge in [-0.25, -0.2) is 4.79 Å². The lowest BCUT2D eigenvalue weighted by Crippen LogP contribution is -2.23. The first-order valence-electron chi connectivity index (χ1n) is 22.9. The second-order valence-electron chi connectivity index (χ2n) is 17.4. The van der Waals surface area contributed by atoms with Crippen LogP contribution in [0.15, 0.2) is 127 Å². The molecule has 0 N–H and O–H groups in total. The number of nitrogens with zero attached hydrogens (tertiary/aromatic N) is 4. The maximum absolute atomic E-state index is 14.3. The van der Waals surface area contributed by atoms with Gasteiger partial charge in [-0.15, -0.1) is 0 Å². The normalized spacial score (nSPS) is 18.1. The number of rotatable bonds is 12. The molecule has 4 saturated heterocycles. The quantitative estimate of drug-likeness (QED) is 0.116. The van der Waals surface area contributed by atoms with Crippen LogP contribution in [0.25, 0.3) is 11.1 Å². The van der Waals surface area contributed by atoms with Crippen LogP contribution >= 0.6 is 0 Å². The van der Waals surface area contributed by atoms with Crippen molar-refractivity contribution in [2.24, 2.45) is 0 Å². The predicted octanol–water partition coefficient (Wildman–Crippen LogP) is 11.1. The summed E-state index contributed by atoms with van der Waals surface area (Å²) in [6.07, 6.45) is 14.2. The van der Waals surface area contributed by atoms with Crippen molar-refractivity contribution in [3.8, 4) is 5.75 Å². The molecule has 0 radical (unpaired) electrons. The number of fused-ring (bicyclic) bond motifs is 1. The van der Waals surface area contributed by atoms with Crippen molar-refractivity contribution >= 4 is 39.9 Å². The first kappa shape index (κ1) is 39.2. The Morgan fingerprint density at radius 1 is 0.508 bits per heavy atom. The third kappa shape index (κ3) is 8.03. The number of hydrogen-bond acceptors (Lipinski definition) is 7. The molecule has 5 aromatic rings. The molecule has 0 spiro atoms. The van der Waals surface area contributed by atoms with Crippen LogP contribution in [0.2, 0.25) is 0 Å². The lowest BCUT2D eigenvalue weighted by Gasteiger charge is -2.27. The van der Waals surface area contributed by atoms with Gasteiger partial charge in [0.15, 0.2) is 5.60 Å². The number of esters is 1. The maximum Gasteiger partial charge on any atom is 0.340 e. The molecule has 0 atom stereocenters. The fourth-order valence-corrected chi connectivity index (χ4v) is 10.2. The molecule has 5 aliphatic heterocycles. The highest BCUT2D eigenvalue weighted by Crippen LogP contribution is 2.46. The highest BCUT2D eigenvalue weighted by molar-refractivity contribution is 5.98. The molecule has 7 nitrogen and oxygen atoms in total. The Bertz CT molecular complexity index is 2120. The summed E-state index contributed by atoms with van der Waals surface area (Å²) in [6, 6.07) is 41.8. The van der Waals surface area contributed by atoms with E-state index in [9.17, 15) is 4.79 Å². The third-order valence-corrected chi connectivity index (χ3v) is 13.5. The van der Waals surface area contributed by atoms with E-state index in [1.54, 1.807) is 0 Å². The minimum absolute atomic E-state index is 0.341. The average molecular weight is 811 g/mol.